The van der Waals surface area contributed by atoms with E-state index in [1.165, 1.54) is 44.9 Å². The number of rotatable bonds is 12. The summed E-state index contributed by atoms with van der Waals surface area (Å²) in [6, 6.07) is 0. The van der Waals surface area contributed by atoms with E-state index in [4.69, 9.17) is 9.94 Å². The highest BCUT2D eigenvalue weighted by Gasteiger charge is 2.08. The van der Waals surface area contributed by atoms with Gasteiger partial charge in [0.15, 0.2) is 0 Å². The molecule has 0 aliphatic rings. The molecule has 0 unspecified atom stereocenters. The molecule has 0 spiro atoms. The molecule has 0 heterocycles. The zero-order valence-corrected chi connectivity index (χ0v) is 13.2. The summed E-state index contributed by atoms with van der Waals surface area (Å²) in [6.07, 6.45) is 12.8. The van der Waals surface area contributed by atoms with Gasteiger partial charge in [-0.1, -0.05) is 70.4 Å². The van der Waals surface area contributed by atoms with E-state index in [0.717, 1.165) is 19.3 Å². The maximum Gasteiger partial charge on any atom is 0.312 e. The molecule has 0 amide bonds. The maximum absolute atomic E-state index is 11.3. The molecule has 4 heteroatoms. The van der Waals surface area contributed by atoms with E-state index in [1.54, 1.807) is 0 Å². The predicted molar refractivity (Wildman–Crippen MR) is 82.1 cm³/mol. The third-order valence-corrected chi connectivity index (χ3v) is 3.29. The van der Waals surface area contributed by atoms with Crippen LogP contribution in [0, 0.1) is 0 Å². The Balaban J connectivity index is 3.45. The first-order chi connectivity index (χ1) is 9.74. The number of unbranched alkanes of at least 4 members (excludes halogenated alkanes) is 8. The third kappa shape index (κ3) is 12.0. The van der Waals surface area contributed by atoms with Crippen molar-refractivity contribution >= 4 is 11.9 Å². The minimum atomic E-state index is -0.309. The Morgan fingerprint density at radius 1 is 0.850 bits per heavy atom. The lowest BCUT2D eigenvalue weighted by Crippen LogP contribution is -2.12. The maximum atomic E-state index is 11.3. The molecule has 1 N–H and O–H groups in total. The first-order valence-corrected chi connectivity index (χ1v) is 8.16. The summed E-state index contributed by atoms with van der Waals surface area (Å²) in [5.41, 5.74) is 0. The number of esters is 1. The van der Waals surface area contributed by atoms with Crippen LogP contribution in [-0.4, -0.2) is 17.1 Å². The van der Waals surface area contributed by atoms with Gasteiger partial charge in [-0.05, 0) is 12.8 Å². The third-order valence-electron chi connectivity index (χ3n) is 3.29. The Morgan fingerprint density at radius 3 is 1.90 bits per heavy atom. The molecule has 4 nitrogen and oxygen atoms in total. The van der Waals surface area contributed by atoms with Crippen molar-refractivity contribution in [3.63, 3.8) is 0 Å². The lowest BCUT2D eigenvalue weighted by molar-refractivity contribution is -0.135. The highest BCUT2D eigenvalue weighted by atomic mass is 16.6. The van der Waals surface area contributed by atoms with E-state index in [-0.39, 0.29) is 11.9 Å². The molecule has 0 aliphatic heterocycles. The minimum absolute atomic E-state index is 0.159. The van der Waals surface area contributed by atoms with Crippen LogP contribution < -0.4 is 0 Å². The minimum Gasteiger partial charge on any atom is -0.408 e. The smallest absolute Gasteiger partial charge is 0.312 e. The fourth-order valence-electron chi connectivity index (χ4n) is 2.09. The summed E-state index contributed by atoms with van der Waals surface area (Å²) in [5, 5.41) is 11.8. The Morgan fingerprint density at radius 2 is 1.40 bits per heavy atom. The van der Waals surface area contributed by atoms with Gasteiger partial charge in [0.1, 0.15) is 0 Å². The van der Waals surface area contributed by atoms with Crippen molar-refractivity contribution < 1.29 is 14.7 Å². The molecule has 0 bridgehead atoms. The van der Waals surface area contributed by atoms with Gasteiger partial charge in [-0.3, -0.25) is 4.79 Å². The van der Waals surface area contributed by atoms with Crippen LogP contribution in [0.3, 0.4) is 0 Å². The molecule has 0 aromatic heterocycles. The van der Waals surface area contributed by atoms with E-state index in [1.807, 2.05) is 6.92 Å². The first kappa shape index (κ1) is 18.9. The van der Waals surface area contributed by atoms with Gasteiger partial charge in [-0.25, -0.2) is 0 Å². The van der Waals surface area contributed by atoms with Crippen molar-refractivity contribution in [3.8, 4) is 0 Å². The largest absolute Gasteiger partial charge is 0.408 e. The van der Waals surface area contributed by atoms with Crippen molar-refractivity contribution in [1.82, 2.24) is 0 Å². The van der Waals surface area contributed by atoms with Gasteiger partial charge in [0.05, 0.1) is 0 Å². The molecule has 0 rings (SSSR count). The number of carbonyl (C=O) groups excluding carboxylic acids is 1. The van der Waals surface area contributed by atoms with E-state index < -0.39 is 0 Å². The van der Waals surface area contributed by atoms with Crippen LogP contribution in [0.4, 0.5) is 0 Å². The van der Waals surface area contributed by atoms with Crippen molar-refractivity contribution in [1.29, 1.82) is 0 Å². The molecule has 20 heavy (non-hydrogen) atoms. The lowest BCUT2D eigenvalue weighted by atomic mass is 10.1. The van der Waals surface area contributed by atoms with Crippen molar-refractivity contribution in [2.24, 2.45) is 5.16 Å². The van der Waals surface area contributed by atoms with Gasteiger partial charge in [-0.15, -0.1) is 0 Å². The zero-order valence-electron chi connectivity index (χ0n) is 13.2. The SMILES string of the molecule is CCCCCCCCCCCC(=NO)OC(=O)CCC. The second-order valence-corrected chi connectivity index (χ2v) is 5.30. The van der Waals surface area contributed by atoms with Gasteiger partial charge in [0, 0.05) is 12.8 Å². The molecule has 0 aliphatic carbocycles. The number of nitrogens with zero attached hydrogens (tertiary/aromatic N) is 1. The van der Waals surface area contributed by atoms with Crippen molar-refractivity contribution in [2.45, 2.75) is 90.9 Å². The average molecular weight is 285 g/mol. The van der Waals surface area contributed by atoms with Gasteiger partial charge < -0.3 is 9.94 Å². The standard InChI is InChI=1S/C16H31NO3/c1-3-5-6-7-8-9-10-11-12-14-15(17-19)20-16(18)13-4-2/h19H,3-14H2,1-2H3. The fourth-order valence-corrected chi connectivity index (χ4v) is 2.09. The number of hydrogen-bond acceptors (Lipinski definition) is 4. The number of oxime groups is 1. The summed E-state index contributed by atoms with van der Waals surface area (Å²) < 4.78 is 4.97. The van der Waals surface area contributed by atoms with Crippen LogP contribution in [0.2, 0.25) is 0 Å². The second kappa shape index (κ2) is 14.4. The summed E-state index contributed by atoms with van der Waals surface area (Å²) in [7, 11) is 0. The van der Waals surface area contributed by atoms with Crippen LogP contribution in [-0.2, 0) is 9.53 Å². The predicted octanol–water partition coefficient (Wildman–Crippen LogP) is 5.04. The van der Waals surface area contributed by atoms with Crippen molar-refractivity contribution in [3.05, 3.63) is 0 Å². The van der Waals surface area contributed by atoms with Crippen LogP contribution in [0.1, 0.15) is 90.9 Å². The Kier molecular flexibility index (Phi) is 13.6. The molecule has 0 aromatic carbocycles. The van der Waals surface area contributed by atoms with Crippen LogP contribution >= 0.6 is 0 Å². The van der Waals surface area contributed by atoms with Gasteiger partial charge in [0.2, 0.25) is 5.90 Å². The highest BCUT2D eigenvalue weighted by Crippen LogP contribution is 2.11. The van der Waals surface area contributed by atoms with Gasteiger partial charge in [-0.2, -0.15) is 0 Å². The monoisotopic (exact) mass is 285 g/mol. The van der Waals surface area contributed by atoms with Gasteiger partial charge >= 0.3 is 5.97 Å². The molecule has 0 saturated heterocycles. The molecular formula is C16H31NO3. The van der Waals surface area contributed by atoms with Crippen LogP contribution in [0.5, 0.6) is 0 Å². The Hall–Kier alpha value is -1.06. The second-order valence-electron chi connectivity index (χ2n) is 5.30. The van der Waals surface area contributed by atoms with E-state index >= 15 is 0 Å². The molecule has 0 aromatic rings. The normalized spacial score (nSPS) is 11.6. The molecule has 118 valence electrons. The molecule has 0 saturated carbocycles. The highest BCUT2D eigenvalue weighted by molar-refractivity contribution is 5.88. The average Bonchev–Trinajstić information content (AvgIpc) is 2.44. The summed E-state index contributed by atoms with van der Waals surface area (Å²) in [5.74, 6) is -0.150. The number of ether oxygens (including phenoxy) is 1. The quantitative estimate of drug-likeness (QED) is 0.136. The Bertz CT molecular complexity index is 264. The molecule has 0 fully saturated rings. The van der Waals surface area contributed by atoms with Crippen LogP contribution in [0.25, 0.3) is 0 Å². The summed E-state index contributed by atoms with van der Waals surface area (Å²) >= 11 is 0. The molecular weight excluding hydrogens is 254 g/mol. The molecule has 0 atom stereocenters. The van der Waals surface area contributed by atoms with E-state index in [2.05, 4.69) is 12.1 Å². The number of hydrogen-bond donors (Lipinski definition) is 1. The molecule has 0 radical (unpaired) electrons. The topological polar surface area (TPSA) is 58.9 Å². The summed E-state index contributed by atoms with van der Waals surface area (Å²) in [4.78, 5) is 11.3. The fraction of sp³-hybridized carbons (Fsp3) is 0.875. The van der Waals surface area contributed by atoms with E-state index in [9.17, 15) is 4.79 Å². The summed E-state index contributed by atoms with van der Waals surface area (Å²) in [6.45, 7) is 4.14. The first-order valence-electron chi connectivity index (χ1n) is 8.16. The van der Waals surface area contributed by atoms with Crippen molar-refractivity contribution in [2.75, 3.05) is 0 Å². The van der Waals surface area contributed by atoms with Gasteiger partial charge in [0.25, 0.3) is 0 Å². The lowest BCUT2D eigenvalue weighted by Gasteiger charge is -2.05. The van der Waals surface area contributed by atoms with Crippen LogP contribution in [0.15, 0.2) is 5.16 Å². The Labute approximate surface area is 123 Å². The number of carbonyl (C=O) groups is 1. The van der Waals surface area contributed by atoms with E-state index in [0.29, 0.717) is 12.8 Å². The zero-order chi connectivity index (χ0) is 15.1.